The van der Waals surface area contributed by atoms with Crippen LogP contribution in [0.5, 0.6) is 0 Å². The Hall–Kier alpha value is -3.79. The zero-order valence-electron chi connectivity index (χ0n) is 19.7. The highest BCUT2D eigenvalue weighted by molar-refractivity contribution is 6.01. The van der Waals surface area contributed by atoms with E-state index in [2.05, 4.69) is 15.3 Å². The van der Waals surface area contributed by atoms with E-state index in [0.29, 0.717) is 29.8 Å². The maximum Gasteiger partial charge on any atom is 0.433 e. The summed E-state index contributed by atoms with van der Waals surface area (Å²) in [5.41, 5.74) is 1.95. The van der Waals surface area contributed by atoms with Crippen LogP contribution in [0.2, 0.25) is 0 Å². The summed E-state index contributed by atoms with van der Waals surface area (Å²) in [6, 6.07) is 9.89. The van der Waals surface area contributed by atoms with Crippen LogP contribution in [0.3, 0.4) is 0 Å². The molecule has 1 aliphatic heterocycles. The van der Waals surface area contributed by atoms with Crippen LogP contribution < -0.4 is 5.32 Å². The van der Waals surface area contributed by atoms with Crippen LogP contribution in [0.1, 0.15) is 56.9 Å². The number of aliphatic hydroxyl groups excluding tert-OH is 1. The molecule has 3 aromatic rings. The molecule has 2 amide bonds. The lowest BCUT2D eigenvalue weighted by Gasteiger charge is -2.18. The topological polar surface area (TPSA) is 95.4 Å². The van der Waals surface area contributed by atoms with Gasteiger partial charge in [-0.25, -0.2) is 0 Å². The standard InChI is InChI=1S/C26H25F3N4O3/c1-15-3-5-22(30-12-15)18-9-19(11-20(10-18)25(36)33-8-7-21(34)14-33)24(35)32-16(2)17-4-6-23(31-13-17)26(27,28)29/h3-6,9-13,16,21,34H,7-8,14H2,1-2H3,(H,32,35)/t16?,21-/m1/s1. The van der Waals surface area contributed by atoms with Crippen molar-refractivity contribution in [3.05, 3.63) is 82.8 Å². The first-order valence-corrected chi connectivity index (χ1v) is 11.4. The van der Waals surface area contributed by atoms with Gasteiger partial charge in [0, 0.05) is 42.2 Å². The molecule has 188 valence electrons. The minimum absolute atomic E-state index is 0.199. The van der Waals surface area contributed by atoms with Crippen LogP contribution in [0.25, 0.3) is 11.3 Å². The number of alkyl halides is 3. The summed E-state index contributed by atoms with van der Waals surface area (Å²) in [4.78, 5) is 35.6. The van der Waals surface area contributed by atoms with Crippen molar-refractivity contribution in [2.45, 2.75) is 38.6 Å². The number of nitrogens with one attached hydrogen (secondary N) is 1. The van der Waals surface area contributed by atoms with Gasteiger partial charge in [0.2, 0.25) is 0 Å². The number of aryl methyl sites for hydroxylation is 1. The van der Waals surface area contributed by atoms with Gasteiger partial charge in [0.1, 0.15) is 5.69 Å². The van der Waals surface area contributed by atoms with E-state index in [9.17, 15) is 27.9 Å². The second-order valence-corrected chi connectivity index (χ2v) is 8.88. The second-order valence-electron chi connectivity index (χ2n) is 8.88. The Morgan fingerprint density at radius 1 is 1.08 bits per heavy atom. The van der Waals surface area contributed by atoms with Gasteiger partial charge >= 0.3 is 6.18 Å². The highest BCUT2D eigenvalue weighted by atomic mass is 19.4. The lowest BCUT2D eigenvalue weighted by atomic mass is 10.0. The average molecular weight is 499 g/mol. The maximum absolute atomic E-state index is 13.1. The minimum atomic E-state index is -4.55. The molecule has 0 saturated carbocycles. The summed E-state index contributed by atoms with van der Waals surface area (Å²) < 4.78 is 38.4. The minimum Gasteiger partial charge on any atom is -0.391 e. The van der Waals surface area contributed by atoms with Crippen molar-refractivity contribution in [1.29, 1.82) is 0 Å². The summed E-state index contributed by atoms with van der Waals surface area (Å²) in [5, 5.41) is 12.6. The maximum atomic E-state index is 13.1. The highest BCUT2D eigenvalue weighted by Crippen LogP contribution is 2.28. The number of likely N-dealkylation sites (tertiary alicyclic amines) is 1. The molecular weight excluding hydrogens is 473 g/mol. The van der Waals surface area contributed by atoms with Gasteiger partial charge in [-0.3, -0.25) is 19.6 Å². The van der Waals surface area contributed by atoms with E-state index in [4.69, 9.17) is 0 Å². The number of β-amino-alcohol motifs (C(OH)–C–C–N with tert-alkyl or cyclic N) is 1. The number of amides is 2. The fourth-order valence-electron chi connectivity index (χ4n) is 3.97. The van der Waals surface area contributed by atoms with E-state index >= 15 is 0 Å². The molecule has 3 heterocycles. The van der Waals surface area contributed by atoms with E-state index in [1.165, 1.54) is 17.0 Å². The Balaban J connectivity index is 1.62. The van der Waals surface area contributed by atoms with Gasteiger partial charge in [-0.15, -0.1) is 0 Å². The second kappa shape index (κ2) is 10.1. The number of carbonyl (C=O) groups is 2. The predicted molar refractivity (Wildman–Crippen MR) is 126 cm³/mol. The molecule has 1 aliphatic rings. The lowest BCUT2D eigenvalue weighted by Crippen LogP contribution is -2.30. The molecule has 36 heavy (non-hydrogen) atoms. The molecule has 10 heteroatoms. The molecule has 2 N–H and O–H groups in total. The first kappa shape index (κ1) is 25.3. The molecule has 7 nitrogen and oxygen atoms in total. The van der Waals surface area contributed by atoms with Crippen molar-refractivity contribution in [3.63, 3.8) is 0 Å². The van der Waals surface area contributed by atoms with Crippen LogP contribution in [-0.2, 0) is 6.18 Å². The van der Waals surface area contributed by atoms with Crippen molar-refractivity contribution >= 4 is 11.8 Å². The monoisotopic (exact) mass is 498 g/mol. The van der Waals surface area contributed by atoms with E-state index in [-0.39, 0.29) is 23.6 Å². The molecule has 0 aliphatic carbocycles. The first-order valence-electron chi connectivity index (χ1n) is 11.4. The molecule has 1 fully saturated rings. The van der Waals surface area contributed by atoms with Gasteiger partial charge in [0.15, 0.2) is 0 Å². The quantitative estimate of drug-likeness (QED) is 0.551. The molecule has 1 aromatic carbocycles. The van der Waals surface area contributed by atoms with Crippen LogP contribution in [0.4, 0.5) is 13.2 Å². The third-order valence-electron chi connectivity index (χ3n) is 6.02. The average Bonchev–Trinajstić information content (AvgIpc) is 3.29. The van der Waals surface area contributed by atoms with Crippen molar-refractivity contribution < 1.29 is 27.9 Å². The van der Waals surface area contributed by atoms with Crippen LogP contribution in [-0.4, -0.2) is 51.0 Å². The van der Waals surface area contributed by atoms with E-state index < -0.39 is 29.9 Å². The number of carbonyl (C=O) groups excluding carboxylic acids is 2. The molecule has 0 bridgehead atoms. The molecular formula is C26H25F3N4O3. The fraction of sp³-hybridized carbons (Fsp3) is 0.308. The molecule has 4 rings (SSSR count). The summed E-state index contributed by atoms with van der Waals surface area (Å²) in [6.07, 6.45) is -1.90. The van der Waals surface area contributed by atoms with Crippen molar-refractivity contribution in [2.24, 2.45) is 0 Å². The Kier molecular flexibility index (Phi) is 7.07. The number of rotatable bonds is 5. The highest BCUT2D eigenvalue weighted by Gasteiger charge is 2.32. The van der Waals surface area contributed by atoms with Gasteiger partial charge in [-0.2, -0.15) is 13.2 Å². The first-order chi connectivity index (χ1) is 17.0. The molecule has 0 spiro atoms. The van der Waals surface area contributed by atoms with Crippen molar-refractivity contribution in [2.75, 3.05) is 13.1 Å². The normalized spacial score (nSPS) is 16.6. The lowest BCUT2D eigenvalue weighted by molar-refractivity contribution is -0.141. The molecule has 1 unspecified atom stereocenters. The Morgan fingerprint density at radius 2 is 1.83 bits per heavy atom. The zero-order chi connectivity index (χ0) is 26.0. The van der Waals surface area contributed by atoms with Gasteiger partial charge < -0.3 is 15.3 Å². The number of hydrogen-bond acceptors (Lipinski definition) is 5. The molecule has 2 aromatic heterocycles. The molecule has 1 saturated heterocycles. The van der Waals surface area contributed by atoms with Crippen molar-refractivity contribution in [3.8, 4) is 11.3 Å². The number of halogens is 3. The Labute approximate surface area is 206 Å². The largest absolute Gasteiger partial charge is 0.433 e. The molecule has 2 atom stereocenters. The third-order valence-corrected chi connectivity index (χ3v) is 6.02. The smallest absolute Gasteiger partial charge is 0.391 e. The van der Waals surface area contributed by atoms with Crippen molar-refractivity contribution in [1.82, 2.24) is 20.2 Å². The molecule has 0 radical (unpaired) electrons. The van der Waals surface area contributed by atoms with Crippen LogP contribution >= 0.6 is 0 Å². The summed E-state index contributed by atoms with van der Waals surface area (Å²) >= 11 is 0. The number of aliphatic hydroxyl groups is 1. The van der Waals surface area contributed by atoms with Crippen LogP contribution in [0.15, 0.2) is 54.9 Å². The predicted octanol–water partition coefficient (Wildman–Crippen LogP) is 4.17. The Bertz CT molecular complexity index is 1260. The summed E-state index contributed by atoms with van der Waals surface area (Å²) in [7, 11) is 0. The van der Waals surface area contributed by atoms with E-state index in [1.807, 2.05) is 13.0 Å². The Morgan fingerprint density at radius 3 is 2.42 bits per heavy atom. The number of hydrogen-bond donors (Lipinski definition) is 2. The number of nitrogens with zero attached hydrogens (tertiary/aromatic N) is 3. The van der Waals surface area contributed by atoms with Crippen LogP contribution in [0, 0.1) is 6.92 Å². The number of aromatic nitrogens is 2. The SMILES string of the molecule is Cc1ccc(-c2cc(C(=O)NC(C)c3ccc(C(F)(F)F)nc3)cc(C(=O)N3CC[C@@H](O)C3)c2)nc1. The number of benzene rings is 1. The summed E-state index contributed by atoms with van der Waals surface area (Å²) in [5.74, 6) is -0.818. The summed E-state index contributed by atoms with van der Waals surface area (Å²) in [6.45, 7) is 4.15. The van der Waals surface area contributed by atoms with E-state index in [1.54, 1.807) is 31.3 Å². The van der Waals surface area contributed by atoms with Gasteiger partial charge in [0.25, 0.3) is 11.8 Å². The number of pyridine rings is 2. The van der Waals surface area contributed by atoms with Gasteiger partial charge in [-0.1, -0.05) is 12.1 Å². The van der Waals surface area contributed by atoms with Gasteiger partial charge in [-0.05, 0) is 61.7 Å². The third kappa shape index (κ3) is 5.71. The zero-order valence-corrected chi connectivity index (χ0v) is 19.7. The fourth-order valence-corrected chi connectivity index (χ4v) is 3.97. The van der Waals surface area contributed by atoms with Gasteiger partial charge in [0.05, 0.1) is 17.8 Å². The van der Waals surface area contributed by atoms with E-state index in [0.717, 1.165) is 17.8 Å².